The second-order valence-corrected chi connectivity index (χ2v) is 5.59. The summed E-state index contributed by atoms with van der Waals surface area (Å²) in [6.07, 6.45) is 0. The Morgan fingerprint density at radius 1 is 1.37 bits per heavy atom. The summed E-state index contributed by atoms with van der Waals surface area (Å²) in [7, 11) is 0. The van der Waals surface area contributed by atoms with Gasteiger partial charge in [-0.2, -0.15) is 5.10 Å². The van der Waals surface area contributed by atoms with Crippen molar-refractivity contribution < 1.29 is 4.74 Å². The normalized spacial score (nSPS) is 10.8. The molecule has 0 spiro atoms. The highest BCUT2D eigenvalue weighted by atomic mass is 79.9. The summed E-state index contributed by atoms with van der Waals surface area (Å²) in [6, 6.07) is 3.31. The first-order valence-electron chi connectivity index (χ1n) is 5.59. The van der Waals surface area contributed by atoms with Gasteiger partial charge in [0, 0.05) is 17.1 Å². The van der Waals surface area contributed by atoms with Crippen LogP contribution in [0.25, 0.3) is 0 Å². The fourth-order valence-corrected chi connectivity index (χ4v) is 2.41. The zero-order valence-electron chi connectivity index (χ0n) is 10.4. The van der Waals surface area contributed by atoms with Crippen LogP contribution in [-0.2, 0) is 6.54 Å². The van der Waals surface area contributed by atoms with E-state index in [4.69, 9.17) is 33.7 Å². The summed E-state index contributed by atoms with van der Waals surface area (Å²) in [5.74, 6) is 0.913. The number of aromatic nitrogens is 2. The number of nitrogens with zero attached hydrogens (tertiary/aromatic N) is 2. The number of hydrogen-bond donors (Lipinski definition) is 1. The van der Waals surface area contributed by atoms with Crippen molar-refractivity contribution in [3.05, 3.63) is 32.3 Å². The summed E-state index contributed by atoms with van der Waals surface area (Å²) in [5, 5.41) is 5.23. The molecule has 0 aliphatic carbocycles. The van der Waals surface area contributed by atoms with Crippen molar-refractivity contribution >= 4 is 44.8 Å². The molecule has 0 amide bonds. The topological polar surface area (TPSA) is 53.1 Å². The highest BCUT2D eigenvalue weighted by molar-refractivity contribution is 9.10. The van der Waals surface area contributed by atoms with E-state index in [0.717, 1.165) is 5.69 Å². The molecule has 7 heteroatoms. The Balaban J connectivity index is 2.44. The number of aryl methyl sites for hydroxylation is 2. The first-order chi connectivity index (χ1) is 8.93. The molecule has 0 radical (unpaired) electrons. The Labute approximate surface area is 129 Å². The summed E-state index contributed by atoms with van der Waals surface area (Å²) in [5.41, 5.74) is 7.17. The summed E-state index contributed by atoms with van der Waals surface area (Å²) in [6.45, 7) is 4.43. The van der Waals surface area contributed by atoms with E-state index in [9.17, 15) is 0 Å². The van der Waals surface area contributed by atoms with Crippen LogP contribution in [-0.4, -0.2) is 9.78 Å². The minimum atomic E-state index is 0.441. The lowest BCUT2D eigenvalue weighted by atomic mass is 10.3. The van der Waals surface area contributed by atoms with Gasteiger partial charge in [-0.25, -0.2) is 4.68 Å². The molecule has 2 aromatic rings. The first-order valence-corrected chi connectivity index (χ1v) is 7.14. The molecule has 0 fully saturated rings. The quantitative estimate of drug-likeness (QED) is 0.806. The SMILES string of the molecule is CCn1nc(C)c(N)c1Oc1cc(Cl)c(Br)cc1Cl. The average Bonchev–Trinajstić information content (AvgIpc) is 2.63. The Kier molecular flexibility index (Phi) is 4.28. The van der Waals surface area contributed by atoms with Crippen LogP contribution in [0.3, 0.4) is 0 Å². The van der Waals surface area contributed by atoms with Gasteiger partial charge in [0.15, 0.2) is 0 Å². The summed E-state index contributed by atoms with van der Waals surface area (Å²) in [4.78, 5) is 0. The third-order valence-electron chi connectivity index (χ3n) is 2.61. The minimum absolute atomic E-state index is 0.441. The highest BCUT2D eigenvalue weighted by Crippen LogP contribution is 2.38. The lowest BCUT2D eigenvalue weighted by molar-refractivity contribution is 0.418. The van der Waals surface area contributed by atoms with Crippen molar-refractivity contribution in [1.82, 2.24) is 9.78 Å². The zero-order chi connectivity index (χ0) is 14.2. The van der Waals surface area contributed by atoms with Crippen LogP contribution < -0.4 is 10.5 Å². The van der Waals surface area contributed by atoms with E-state index in [1.807, 2.05) is 13.8 Å². The Bertz CT molecular complexity index is 628. The number of nitrogens with two attached hydrogens (primary N) is 1. The molecule has 0 unspecified atom stereocenters. The monoisotopic (exact) mass is 363 g/mol. The van der Waals surface area contributed by atoms with Gasteiger partial charge in [0.2, 0.25) is 5.88 Å². The van der Waals surface area contributed by atoms with Crippen LogP contribution in [0.2, 0.25) is 10.0 Å². The van der Waals surface area contributed by atoms with Crippen molar-refractivity contribution in [2.45, 2.75) is 20.4 Å². The first kappa shape index (κ1) is 14.5. The maximum absolute atomic E-state index is 6.12. The Hall–Kier alpha value is -0.910. The van der Waals surface area contributed by atoms with Gasteiger partial charge < -0.3 is 10.5 Å². The van der Waals surface area contributed by atoms with E-state index in [1.54, 1.807) is 16.8 Å². The molecule has 0 atom stereocenters. The molecular formula is C12H12BrCl2N3O. The number of halogens is 3. The van der Waals surface area contributed by atoms with Gasteiger partial charge in [-0.15, -0.1) is 0 Å². The second-order valence-electron chi connectivity index (χ2n) is 3.92. The number of nitrogen functional groups attached to an aromatic ring is 1. The number of anilines is 1. The van der Waals surface area contributed by atoms with E-state index in [-0.39, 0.29) is 0 Å². The van der Waals surface area contributed by atoms with E-state index >= 15 is 0 Å². The molecule has 1 aromatic heterocycles. The van der Waals surface area contributed by atoms with Gasteiger partial charge in [0.05, 0.1) is 15.7 Å². The van der Waals surface area contributed by atoms with Gasteiger partial charge in [-0.1, -0.05) is 23.2 Å². The van der Waals surface area contributed by atoms with Crippen LogP contribution in [0.5, 0.6) is 11.6 Å². The number of ether oxygens (including phenoxy) is 1. The lowest BCUT2D eigenvalue weighted by Crippen LogP contribution is -2.01. The number of benzene rings is 1. The average molecular weight is 365 g/mol. The number of hydrogen-bond acceptors (Lipinski definition) is 3. The predicted octanol–water partition coefficient (Wildman–Crippen LogP) is 4.66. The van der Waals surface area contributed by atoms with Crippen LogP contribution in [0.1, 0.15) is 12.6 Å². The van der Waals surface area contributed by atoms with Crippen molar-refractivity contribution in [3.63, 3.8) is 0 Å². The number of rotatable bonds is 3. The highest BCUT2D eigenvalue weighted by Gasteiger charge is 2.16. The lowest BCUT2D eigenvalue weighted by Gasteiger charge is -2.10. The summed E-state index contributed by atoms with van der Waals surface area (Å²) < 4.78 is 8.14. The van der Waals surface area contributed by atoms with E-state index in [0.29, 0.717) is 38.4 Å². The molecule has 1 aromatic carbocycles. The van der Waals surface area contributed by atoms with Crippen molar-refractivity contribution in [2.75, 3.05) is 5.73 Å². The molecular weight excluding hydrogens is 353 g/mol. The zero-order valence-corrected chi connectivity index (χ0v) is 13.5. The van der Waals surface area contributed by atoms with Gasteiger partial charge in [-0.3, -0.25) is 0 Å². The molecule has 0 saturated heterocycles. The molecule has 0 aliphatic heterocycles. The molecule has 1 heterocycles. The Morgan fingerprint density at radius 3 is 2.68 bits per heavy atom. The second kappa shape index (κ2) is 5.61. The predicted molar refractivity (Wildman–Crippen MR) is 81.3 cm³/mol. The van der Waals surface area contributed by atoms with E-state index in [2.05, 4.69) is 21.0 Å². The van der Waals surface area contributed by atoms with Crippen molar-refractivity contribution in [1.29, 1.82) is 0 Å². The molecule has 2 rings (SSSR count). The fraction of sp³-hybridized carbons (Fsp3) is 0.250. The summed E-state index contributed by atoms with van der Waals surface area (Å²) >= 11 is 15.5. The third-order valence-corrected chi connectivity index (χ3v) is 4.10. The van der Waals surface area contributed by atoms with Crippen LogP contribution in [0.15, 0.2) is 16.6 Å². The molecule has 0 saturated carbocycles. The smallest absolute Gasteiger partial charge is 0.241 e. The van der Waals surface area contributed by atoms with Gasteiger partial charge in [-0.05, 0) is 35.8 Å². The molecule has 102 valence electrons. The van der Waals surface area contributed by atoms with Crippen LogP contribution in [0.4, 0.5) is 5.69 Å². The van der Waals surface area contributed by atoms with Gasteiger partial charge in [0.25, 0.3) is 0 Å². The van der Waals surface area contributed by atoms with Gasteiger partial charge in [0.1, 0.15) is 11.4 Å². The van der Waals surface area contributed by atoms with Crippen molar-refractivity contribution in [2.24, 2.45) is 0 Å². The van der Waals surface area contributed by atoms with E-state index < -0.39 is 0 Å². The standard InChI is InChI=1S/C12H12BrCl2N3O/c1-3-18-12(11(16)6(2)17-18)19-10-5-8(14)7(13)4-9(10)15/h4-5H,3,16H2,1-2H3. The maximum atomic E-state index is 6.12. The minimum Gasteiger partial charge on any atom is -0.436 e. The molecule has 0 aliphatic rings. The Morgan fingerprint density at radius 2 is 2.05 bits per heavy atom. The third kappa shape index (κ3) is 2.83. The molecule has 0 bridgehead atoms. The van der Waals surface area contributed by atoms with Gasteiger partial charge >= 0.3 is 0 Å². The van der Waals surface area contributed by atoms with Crippen LogP contribution in [0, 0.1) is 6.92 Å². The van der Waals surface area contributed by atoms with Crippen molar-refractivity contribution in [3.8, 4) is 11.6 Å². The molecule has 19 heavy (non-hydrogen) atoms. The largest absolute Gasteiger partial charge is 0.436 e. The fourth-order valence-electron chi connectivity index (χ4n) is 1.58. The van der Waals surface area contributed by atoms with E-state index in [1.165, 1.54) is 0 Å². The molecule has 4 nitrogen and oxygen atoms in total. The maximum Gasteiger partial charge on any atom is 0.241 e. The van der Waals surface area contributed by atoms with Crippen LogP contribution >= 0.6 is 39.1 Å². The molecule has 2 N–H and O–H groups in total.